The van der Waals surface area contributed by atoms with Gasteiger partial charge < -0.3 is 10.6 Å². The van der Waals surface area contributed by atoms with E-state index >= 15 is 0 Å². The molecule has 1 aliphatic rings. The normalized spacial score (nSPS) is 17.5. The summed E-state index contributed by atoms with van der Waals surface area (Å²) in [6, 6.07) is 12.7. The highest BCUT2D eigenvalue weighted by atomic mass is 32.2. The topological polar surface area (TPSA) is 78.5 Å². The van der Waals surface area contributed by atoms with Gasteiger partial charge in [-0.25, -0.2) is 13.2 Å². The van der Waals surface area contributed by atoms with Crippen molar-refractivity contribution in [2.24, 2.45) is 0 Å². The van der Waals surface area contributed by atoms with Gasteiger partial charge in [-0.05, 0) is 63.3 Å². The van der Waals surface area contributed by atoms with E-state index in [0.717, 1.165) is 41.6 Å². The first kappa shape index (κ1) is 22.3. The number of benzene rings is 2. The van der Waals surface area contributed by atoms with Gasteiger partial charge in [-0.1, -0.05) is 42.3 Å². The molecule has 6 nitrogen and oxygen atoms in total. The van der Waals surface area contributed by atoms with Crippen molar-refractivity contribution in [2.45, 2.75) is 57.4 Å². The molecule has 2 aromatic carbocycles. The van der Waals surface area contributed by atoms with Gasteiger partial charge in [0.2, 0.25) is 10.0 Å². The van der Waals surface area contributed by atoms with Crippen LogP contribution in [0.25, 0.3) is 0 Å². The van der Waals surface area contributed by atoms with E-state index in [9.17, 15) is 13.2 Å². The van der Waals surface area contributed by atoms with Gasteiger partial charge in [-0.2, -0.15) is 4.31 Å². The predicted molar refractivity (Wildman–Crippen MR) is 120 cm³/mol. The van der Waals surface area contributed by atoms with Gasteiger partial charge in [0.1, 0.15) is 0 Å². The Kier molecular flexibility index (Phi) is 7.15. The molecule has 7 heteroatoms. The lowest BCUT2D eigenvalue weighted by Crippen LogP contribution is -2.45. The Morgan fingerprint density at radius 1 is 1.07 bits per heavy atom. The number of aryl methyl sites for hydroxylation is 3. The molecular formula is C23H31N3O3S. The fourth-order valence-electron chi connectivity index (χ4n) is 4.32. The zero-order valence-electron chi connectivity index (χ0n) is 17.9. The second-order valence-corrected chi connectivity index (χ2v) is 9.86. The first-order valence-corrected chi connectivity index (χ1v) is 11.9. The Hall–Kier alpha value is -2.38. The average molecular weight is 430 g/mol. The maximum Gasteiger partial charge on any atom is 0.319 e. The Morgan fingerprint density at radius 3 is 2.40 bits per heavy atom. The van der Waals surface area contributed by atoms with Crippen molar-refractivity contribution >= 4 is 21.7 Å². The summed E-state index contributed by atoms with van der Waals surface area (Å²) in [5.74, 6) is 0. The molecule has 2 aromatic rings. The van der Waals surface area contributed by atoms with Crippen LogP contribution < -0.4 is 10.6 Å². The number of hydrogen-bond acceptors (Lipinski definition) is 3. The number of hydrogen-bond donors (Lipinski definition) is 2. The lowest BCUT2D eigenvalue weighted by molar-refractivity contribution is 0.234. The molecule has 2 N–H and O–H groups in total. The van der Waals surface area contributed by atoms with E-state index in [4.69, 9.17) is 0 Å². The predicted octanol–water partition coefficient (Wildman–Crippen LogP) is 4.37. The van der Waals surface area contributed by atoms with Gasteiger partial charge in [0.15, 0.2) is 0 Å². The monoisotopic (exact) mass is 429 g/mol. The smallest absolute Gasteiger partial charge is 0.319 e. The number of nitrogens with zero attached hydrogens (tertiary/aromatic N) is 1. The van der Waals surface area contributed by atoms with E-state index in [2.05, 4.69) is 10.6 Å². The summed E-state index contributed by atoms with van der Waals surface area (Å²) >= 11 is 0. The van der Waals surface area contributed by atoms with E-state index in [1.54, 1.807) is 4.31 Å². The molecule has 1 atom stereocenters. The summed E-state index contributed by atoms with van der Waals surface area (Å²) in [7, 11) is -3.58. The first-order valence-electron chi connectivity index (χ1n) is 10.5. The van der Waals surface area contributed by atoms with Crippen LogP contribution in [0.5, 0.6) is 0 Å². The van der Waals surface area contributed by atoms with E-state index in [1.807, 2.05) is 63.2 Å². The summed E-state index contributed by atoms with van der Waals surface area (Å²) in [5.41, 5.74) is 3.37. The number of urea groups is 1. The summed E-state index contributed by atoms with van der Waals surface area (Å²) < 4.78 is 28.7. The molecule has 30 heavy (non-hydrogen) atoms. The van der Waals surface area contributed by atoms with Crippen molar-refractivity contribution in [3.8, 4) is 0 Å². The SMILES string of the molecule is Cc1cc(C)c(S(=O)(=O)N2CCCCC2CCNC(=O)Nc2ccccc2)c(C)c1. The number of carbonyl (C=O) groups excluding carboxylic acids is 1. The molecule has 1 saturated heterocycles. The number of sulfonamides is 1. The van der Waals surface area contributed by atoms with E-state index < -0.39 is 10.0 Å². The second-order valence-electron chi connectivity index (χ2n) is 8.03. The van der Waals surface area contributed by atoms with Gasteiger partial charge in [0, 0.05) is 24.8 Å². The van der Waals surface area contributed by atoms with E-state index in [1.165, 1.54) is 0 Å². The fraction of sp³-hybridized carbons (Fsp3) is 0.435. The highest BCUT2D eigenvalue weighted by Gasteiger charge is 2.35. The van der Waals surface area contributed by atoms with Crippen molar-refractivity contribution in [1.29, 1.82) is 0 Å². The third kappa shape index (κ3) is 5.21. The number of piperidine rings is 1. The van der Waals surface area contributed by atoms with Crippen LogP contribution in [0.2, 0.25) is 0 Å². The maximum atomic E-state index is 13.5. The quantitative estimate of drug-likeness (QED) is 0.716. The molecule has 0 aliphatic carbocycles. The number of carbonyl (C=O) groups is 1. The van der Waals surface area contributed by atoms with Crippen LogP contribution in [-0.4, -0.2) is 37.9 Å². The van der Waals surface area contributed by atoms with Crippen LogP contribution in [0, 0.1) is 20.8 Å². The van der Waals surface area contributed by atoms with Gasteiger partial charge in [-0.15, -0.1) is 0 Å². The largest absolute Gasteiger partial charge is 0.338 e. The van der Waals surface area contributed by atoms with Crippen molar-refractivity contribution < 1.29 is 13.2 Å². The second kappa shape index (κ2) is 9.62. The van der Waals surface area contributed by atoms with Crippen molar-refractivity contribution in [3.63, 3.8) is 0 Å². The van der Waals surface area contributed by atoms with Crippen LogP contribution in [0.1, 0.15) is 42.4 Å². The number of anilines is 1. The average Bonchev–Trinajstić information content (AvgIpc) is 2.68. The van der Waals surface area contributed by atoms with E-state index in [0.29, 0.717) is 24.4 Å². The summed E-state index contributed by atoms with van der Waals surface area (Å²) in [4.78, 5) is 12.5. The van der Waals surface area contributed by atoms with E-state index in [-0.39, 0.29) is 12.1 Å². The summed E-state index contributed by atoms with van der Waals surface area (Å²) in [5, 5.41) is 5.63. The highest BCUT2D eigenvalue weighted by molar-refractivity contribution is 7.89. The molecule has 0 saturated carbocycles. The van der Waals surface area contributed by atoms with Crippen molar-refractivity contribution in [2.75, 3.05) is 18.4 Å². The Morgan fingerprint density at radius 2 is 1.73 bits per heavy atom. The van der Waals surface area contributed by atoms with Crippen LogP contribution in [0.15, 0.2) is 47.4 Å². The molecule has 1 aliphatic heterocycles. The summed E-state index contributed by atoms with van der Waals surface area (Å²) in [6.07, 6.45) is 3.26. The first-order chi connectivity index (χ1) is 14.3. The van der Waals surface area contributed by atoms with Crippen LogP contribution in [-0.2, 0) is 10.0 Å². The Balaban J connectivity index is 1.67. The minimum atomic E-state index is -3.58. The molecule has 1 heterocycles. The molecule has 2 amide bonds. The van der Waals surface area contributed by atoms with Gasteiger partial charge in [-0.3, -0.25) is 0 Å². The van der Waals surface area contributed by atoms with Crippen molar-refractivity contribution in [3.05, 3.63) is 59.2 Å². The zero-order valence-corrected chi connectivity index (χ0v) is 18.8. The van der Waals surface area contributed by atoms with Gasteiger partial charge >= 0.3 is 6.03 Å². The molecule has 1 unspecified atom stereocenters. The molecule has 1 fully saturated rings. The zero-order chi connectivity index (χ0) is 21.7. The number of para-hydroxylation sites is 1. The lowest BCUT2D eigenvalue weighted by Gasteiger charge is -2.35. The summed E-state index contributed by atoms with van der Waals surface area (Å²) in [6.45, 7) is 6.64. The Bertz CT molecular complexity index is 967. The van der Waals surface area contributed by atoms with Gasteiger partial charge in [0.05, 0.1) is 4.90 Å². The molecule has 0 radical (unpaired) electrons. The molecule has 0 bridgehead atoms. The number of amides is 2. The van der Waals surface area contributed by atoms with Crippen LogP contribution in [0.3, 0.4) is 0 Å². The van der Waals surface area contributed by atoms with Crippen molar-refractivity contribution in [1.82, 2.24) is 9.62 Å². The maximum absolute atomic E-state index is 13.5. The van der Waals surface area contributed by atoms with Gasteiger partial charge in [0.25, 0.3) is 0 Å². The highest BCUT2D eigenvalue weighted by Crippen LogP contribution is 2.31. The third-order valence-corrected chi connectivity index (χ3v) is 7.80. The fourth-order valence-corrected chi connectivity index (χ4v) is 6.46. The molecule has 0 aromatic heterocycles. The lowest BCUT2D eigenvalue weighted by atomic mass is 10.0. The number of rotatable bonds is 6. The van der Waals surface area contributed by atoms with Crippen LogP contribution >= 0.6 is 0 Å². The standard InChI is InChI=1S/C23H31N3O3S/c1-17-15-18(2)22(19(3)16-17)30(28,29)26-14-8-7-11-21(26)12-13-24-23(27)25-20-9-5-4-6-10-20/h4-6,9-10,15-16,21H,7-8,11-14H2,1-3H3,(H2,24,25,27). The molecule has 162 valence electrons. The minimum absolute atomic E-state index is 0.110. The van der Waals surface area contributed by atoms with Crippen LogP contribution in [0.4, 0.5) is 10.5 Å². The minimum Gasteiger partial charge on any atom is -0.338 e. The molecule has 3 rings (SSSR count). The number of nitrogens with one attached hydrogen (secondary N) is 2. The Labute approximate surface area is 179 Å². The molecular weight excluding hydrogens is 398 g/mol. The molecule has 0 spiro atoms. The third-order valence-electron chi connectivity index (χ3n) is 5.54.